The molecule has 2 N–H and O–H groups in total. The normalized spacial score (nSPS) is 13.7. The highest BCUT2D eigenvalue weighted by molar-refractivity contribution is 5.85. The van der Waals surface area contributed by atoms with E-state index in [-0.39, 0.29) is 30.8 Å². The van der Waals surface area contributed by atoms with Crippen LogP contribution in [0.4, 0.5) is 4.79 Å². The first-order valence-electron chi connectivity index (χ1n) is 9.94. The van der Waals surface area contributed by atoms with E-state index in [1.807, 2.05) is 60.7 Å². The Morgan fingerprint density at radius 3 is 2.22 bits per heavy atom. The molecule has 2 aromatic carbocycles. The van der Waals surface area contributed by atoms with E-state index in [0.29, 0.717) is 24.6 Å². The quantitative estimate of drug-likeness (QED) is 0.515. The second-order valence-electron chi connectivity index (χ2n) is 6.86. The SMILES string of the molecule is Cl.Cl.O=C(N[C@H](Oc1cccnc1)c1ccc(Oc2ccccc2)cc1)N1CCNCC1. The summed E-state index contributed by atoms with van der Waals surface area (Å²) >= 11 is 0. The molecule has 1 aliphatic rings. The standard InChI is InChI=1S/C23H24N4O3.2ClH/c28-23(27-15-13-24-14-16-27)26-22(30-21-7-4-12-25-17-21)18-8-10-20(11-9-18)29-19-5-2-1-3-6-19;;/h1-12,17,22,24H,13-16H2,(H,26,28);2*1H/t22-;;/m1../s1. The zero-order valence-corrected chi connectivity index (χ0v) is 19.0. The molecule has 2 heterocycles. The highest BCUT2D eigenvalue weighted by atomic mass is 35.5. The van der Waals surface area contributed by atoms with E-state index in [1.54, 1.807) is 23.4 Å². The number of halogens is 2. The zero-order chi connectivity index (χ0) is 20.6. The number of carbonyl (C=O) groups excluding carboxylic acids is 1. The van der Waals surface area contributed by atoms with Crippen LogP contribution in [0, 0.1) is 0 Å². The molecule has 170 valence electrons. The summed E-state index contributed by atoms with van der Waals surface area (Å²) in [6.07, 6.45) is 2.65. The van der Waals surface area contributed by atoms with Crippen molar-refractivity contribution in [2.24, 2.45) is 0 Å². The monoisotopic (exact) mass is 476 g/mol. The number of amides is 2. The van der Waals surface area contributed by atoms with Gasteiger partial charge >= 0.3 is 6.03 Å². The van der Waals surface area contributed by atoms with Gasteiger partial charge in [0, 0.05) is 37.9 Å². The van der Waals surface area contributed by atoms with Crippen molar-refractivity contribution < 1.29 is 14.3 Å². The van der Waals surface area contributed by atoms with E-state index in [4.69, 9.17) is 9.47 Å². The van der Waals surface area contributed by atoms with Crippen LogP contribution in [0.5, 0.6) is 17.2 Å². The number of benzene rings is 2. The van der Waals surface area contributed by atoms with Gasteiger partial charge in [0.25, 0.3) is 0 Å². The van der Waals surface area contributed by atoms with Crippen LogP contribution >= 0.6 is 24.8 Å². The number of pyridine rings is 1. The Balaban J connectivity index is 0.00000181. The van der Waals surface area contributed by atoms with E-state index >= 15 is 0 Å². The number of rotatable bonds is 6. The van der Waals surface area contributed by atoms with Gasteiger partial charge in [-0.3, -0.25) is 10.3 Å². The van der Waals surface area contributed by atoms with Crippen molar-refractivity contribution in [3.8, 4) is 17.2 Å². The third kappa shape index (κ3) is 7.02. The van der Waals surface area contributed by atoms with Gasteiger partial charge in [0.15, 0.2) is 6.23 Å². The predicted octanol–water partition coefficient (Wildman–Crippen LogP) is 4.41. The molecular formula is C23H26Cl2N4O3. The Morgan fingerprint density at radius 1 is 0.906 bits per heavy atom. The van der Waals surface area contributed by atoms with Gasteiger partial charge in [-0.05, 0) is 48.5 Å². The summed E-state index contributed by atoms with van der Waals surface area (Å²) < 4.78 is 11.9. The van der Waals surface area contributed by atoms with Crippen LogP contribution in [0.3, 0.4) is 0 Å². The largest absolute Gasteiger partial charge is 0.465 e. The van der Waals surface area contributed by atoms with Crippen molar-refractivity contribution in [3.63, 3.8) is 0 Å². The average molecular weight is 477 g/mol. The average Bonchev–Trinajstić information content (AvgIpc) is 2.81. The molecule has 3 aromatic rings. The first-order chi connectivity index (χ1) is 14.8. The molecule has 32 heavy (non-hydrogen) atoms. The third-order valence-corrected chi connectivity index (χ3v) is 4.71. The topological polar surface area (TPSA) is 75.7 Å². The van der Waals surface area contributed by atoms with Gasteiger partial charge in [0.1, 0.15) is 17.2 Å². The zero-order valence-electron chi connectivity index (χ0n) is 17.3. The smallest absolute Gasteiger partial charge is 0.320 e. The summed E-state index contributed by atoms with van der Waals surface area (Å²) in [6, 6.07) is 20.5. The molecule has 1 atom stereocenters. The Morgan fingerprint density at radius 2 is 1.56 bits per heavy atom. The van der Waals surface area contributed by atoms with Crippen molar-refractivity contribution >= 4 is 30.8 Å². The first kappa shape index (κ1) is 25.3. The minimum Gasteiger partial charge on any atom is -0.465 e. The number of hydrogen-bond donors (Lipinski definition) is 2. The lowest BCUT2D eigenvalue weighted by Gasteiger charge is -2.30. The second-order valence-corrected chi connectivity index (χ2v) is 6.86. The highest BCUT2D eigenvalue weighted by Gasteiger charge is 2.22. The van der Waals surface area contributed by atoms with E-state index in [1.165, 1.54) is 0 Å². The summed E-state index contributed by atoms with van der Waals surface area (Å²) in [5.41, 5.74) is 0.808. The Bertz CT molecular complexity index is 940. The van der Waals surface area contributed by atoms with Gasteiger partial charge < -0.3 is 19.7 Å². The molecule has 0 saturated carbocycles. The molecule has 0 radical (unpaired) electrons. The van der Waals surface area contributed by atoms with Crippen LogP contribution in [0.1, 0.15) is 11.8 Å². The fourth-order valence-electron chi connectivity index (χ4n) is 3.14. The second kappa shape index (κ2) is 12.8. The highest BCUT2D eigenvalue weighted by Crippen LogP contribution is 2.25. The van der Waals surface area contributed by atoms with E-state index in [9.17, 15) is 4.79 Å². The number of urea groups is 1. The lowest BCUT2D eigenvalue weighted by molar-refractivity contribution is 0.139. The van der Waals surface area contributed by atoms with Crippen LogP contribution in [-0.2, 0) is 0 Å². The maximum atomic E-state index is 12.7. The fourth-order valence-corrected chi connectivity index (χ4v) is 3.14. The number of hydrogen-bond acceptors (Lipinski definition) is 5. The molecule has 1 saturated heterocycles. The summed E-state index contributed by atoms with van der Waals surface area (Å²) in [5.74, 6) is 2.05. The van der Waals surface area contributed by atoms with Crippen molar-refractivity contribution in [3.05, 3.63) is 84.7 Å². The molecule has 0 bridgehead atoms. The Labute approximate surface area is 200 Å². The van der Waals surface area contributed by atoms with Crippen molar-refractivity contribution in [2.45, 2.75) is 6.23 Å². The van der Waals surface area contributed by atoms with E-state index in [2.05, 4.69) is 15.6 Å². The molecule has 9 heteroatoms. The maximum Gasteiger partial charge on any atom is 0.320 e. The molecular weight excluding hydrogens is 451 g/mol. The Hall–Kier alpha value is -3.00. The number of ether oxygens (including phenoxy) is 2. The molecule has 2 amide bonds. The maximum absolute atomic E-state index is 12.7. The van der Waals surface area contributed by atoms with Gasteiger partial charge in [-0.1, -0.05) is 18.2 Å². The molecule has 4 rings (SSSR count). The molecule has 0 spiro atoms. The third-order valence-electron chi connectivity index (χ3n) is 4.71. The number of piperazine rings is 1. The summed E-state index contributed by atoms with van der Waals surface area (Å²) in [7, 11) is 0. The number of para-hydroxylation sites is 1. The number of aromatic nitrogens is 1. The van der Waals surface area contributed by atoms with Crippen molar-refractivity contribution in [2.75, 3.05) is 26.2 Å². The molecule has 7 nitrogen and oxygen atoms in total. The van der Waals surface area contributed by atoms with Crippen LogP contribution in [0.25, 0.3) is 0 Å². The molecule has 0 unspecified atom stereocenters. The number of nitrogens with zero attached hydrogens (tertiary/aromatic N) is 2. The fraction of sp³-hybridized carbons (Fsp3) is 0.217. The first-order valence-corrected chi connectivity index (χ1v) is 9.94. The molecule has 0 aliphatic carbocycles. The lowest BCUT2D eigenvalue weighted by Crippen LogP contribution is -2.51. The van der Waals surface area contributed by atoms with Crippen LogP contribution < -0.4 is 20.1 Å². The number of carbonyl (C=O) groups is 1. The predicted molar refractivity (Wildman–Crippen MR) is 128 cm³/mol. The van der Waals surface area contributed by atoms with E-state index < -0.39 is 6.23 Å². The van der Waals surface area contributed by atoms with Gasteiger partial charge in [-0.2, -0.15) is 0 Å². The molecule has 1 aliphatic heterocycles. The molecule has 1 aromatic heterocycles. The van der Waals surface area contributed by atoms with Crippen molar-refractivity contribution in [1.82, 2.24) is 20.5 Å². The van der Waals surface area contributed by atoms with Crippen LogP contribution in [-0.4, -0.2) is 42.1 Å². The summed E-state index contributed by atoms with van der Waals surface area (Å²) in [6.45, 7) is 2.89. The van der Waals surface area contributed by atoms with Gasteiger partial charge in [0.2, 0.25) is 0 Å². The number of nitrogens with one attached hydrogen (secondary N) is 2. The Kier molecular flexibility index (Phi) is 10.1. The van der Waals surface area contributed by atoms with Gasteiger partial charge in [0.05, 0.1) is 6.20 Å². The van der Waals surface area contributed by atoms with E-state index in [0.717, 1.165) is 24.4 Å². The minimum atomic E-state index is -0.651. The van der Waals surface area contributed by atoms with Crippen LogP contribution in [0.2, 0.25) is 0 Å². The lowest BCUT2D eigenvalue weighted by atomic mass is 10.2. The minimum absolute atomic E-state index is 0. The van der Waals surface area contributed by atoms with Gasteiger partial charge in [-0.25, -0.2) is 4.79 Å². The van der Waals surface area contributed by atoms with Crippen molar-refractivity contribution in [1.29, 1.82) is 0 Å². The van der Waals surface area contributed by atoms with Crippen LogP contribution in [0.15, 0.2) is 79.1 Å². The summed E-state index contributed by atoms with van der Waals surface area (Å²) in [5, 5.41) is 6.23. The molecule has 1 fully saturated rings. The van der Waals surface area contributed by atoms with Gasteiger partial charge in [-0.15, -0.1) is 24.8 Å². The summed E-state index contributed by atoms with van der Waals surface area (Å²) in [4.78, 5) is 18.6.